The Hall–Kier alpha value is -6.85. The van der Waals surface area contributed by atoms with Crippen LogP contribution in [0.4, 0.5) is 10.5 Å². The Labute approximate surface area is 527 Å². The second kappa shape index (κ2) is 33.8. The van der Waals surface area contributed by atoms with Gasteiger partial charge in [-0.25, -0.2) is 9.59 Å². The van der Waals surface area contributed by atoms with Crippen LogP contribution in [-0.2, 0) is 73.3 Å². The van der Waals surface area contributed by atoms with E-state index in [4.69, 9.17) is 41.0 Å². The lowest BCUT2D eigenvalue weighted by atomic mass is 9.81. The number of amides is 8. The summed E-state index contributed by atoms with van der Waals surface area (Å²) in [6.07, 6.45) is 3.07. The number of rotatable bonds is 27. The summed E-state index contributed by atoms with van der Waals surface area (Å²) in [6.45, 7) is 7.63. The molecular formula is C60H88ClN9O18S. The number of carbonyl (C=O) groups is 11. The normalized spacial score (nSPS) is 26.3. The Bertz CT molecular complexity index is 2820. The van der Waals surface area contributed by atoms with Crippen LogP contribution in [-0.4, -0.2) is 200 Å². The van der Waals surface area contributed by atoms with Crippen LogP contribution in [0.15, 0.2) is 35.9 Å². The third kappa shape index (κ3) is 21.1. The van der Waals surface area contributed by atoms with Gasteiger partial charge in [0.05, 0.1) is 62.7 Å². The minimum absolute atomic E-state index is 0.0166. The molecule has 1 aromatic rings. The highest BCUT2D eigenvalue weighted by Crippen LogP contribution is 2.49. The number of carboxylic acids is 1. The van der Waals surface area contributed by atoms with Crippen molar-refractivity contribution in [2.45, 2.75) is 165 Å². The largest absolute Gasteiger partial charge is 0.495 e. The van der Waals surface area contributed by atoms with Crippen LogP contribution in [0.5, 0.6) is 5.75 Å². The molecule has 27 nitrogen and oxygen atoms in total. The predicted molar refractivity (Wildman–Crippen MR) is 327 cm³/mol. The summed E-state index contributed by atoms with van der Waals surface area (Å²) in [5.41, 5.74) is 3.84. The van der Waals surface area contributed by atoms with E-state index in [1.165, 1.54) is 47.1 Å². The highest BCUT2D eigenvalue weighted by atomic mass is 35.5. The molecule has 3 fully saturated rings. The molecule has 4 aliphatic rings. The summed E-state index contributed by atoms with van der Waals surface area (Å²) in [5, 5.41) is 36.2. The number of epoxide rings is 1. The van der Waals surface area contributed by atoms with E-state index in [9.17, 15) is 63.0 Å². The van der Waals surface area contributed by atoms with Crippen molar-refractivity contribution in [1.82, 2.24) is 36.8 Å². The van der Waals surface area contributed by atoms with Gasteiger partial charge < -0.3 is 76.0 Å². The Morgan fingerprint density at radius 1 is 0.989 bits per heavy atom. The number of unbranched alkanes of at least 4 members (excludes halogenated alkanes) is 1. The number of likely N-dealkylation sites (N-methyl/N-ethyl adjacent to an activating group) is 1. The van der Waals surface area contributed by atoms with Crippen LogP contribution in [0, 0.1) is 17.8 Å². The average molecular weight is 1290 g/mol. The summed E-state index contributed by atoms with van der Waals surface area (Å²) in [5.74, 6) is -6.32. The number of carboxylic acid groups (broad SMARTS) is 1. The topological polar surface area (TPSA) is 382 Å². The highest BCUT2D eigenvalue weighted by Gasteiger charge is 2.64. The number of ketones is 1. The molecule has 2 saturated heterocycles. The molecule has 1 saturated carbocycles. The number of thioether (sulfide) groups is 1. The van der Waals surface area contributed by atoms with Crippen LogP contribution >= 0.6 is 23.4 Å². The fourth-order valence-corrected chi connectivity index (χ4v) is 12.4. The minimum Gasteiger partial charge on any atom is -0.495 e. The van der Waals surface area contributed by atoms with Crippen molar-refractivity contribution in [3.05, 3.63) is 46.5 Å². The zero-order valence-electron chi connectivity index (χ0n) is 52.1. The molecule has 10 atom stereocenters. The van der Waals surface area contributed by atoms with Gasteiger partial charge in [0.15, 0.2) is 11.5 Å². The maximum absolute atomic E-state index is 14.4. The molecule has 3 aliphatic heterocycles. The van der Waals surface area contributed by atoms with E-state index in [1.807, 2.05) is 13.0 Å². The number of aliphatic hydroxyl groups is 1. The van der Waals surface area contributed by atoms with E-state index in [-0.39, 0.29) is 66.8 Å². The number of hydrogen-bond acceptors (Lipinski definition) is 19. The number of esters is 1. The van der Waals surface area contributed by atoms with Crippen LogP contribution in [0.2, 0.25) is 5.02 Å². The number of nitrogens with zero attached hydrogens (tertiary/aromatic N) is 2. The maximum atomic E-state index is 14.4. The number of hydrogen-bond donors (Lipinski definition) is 9. The van der Waals surface area contributed by atoms with Gasteiger partial charge in [-0.05, 0) is 103 Å². The Balaban J connectivity index is 1.12. The first-order valence-electron chi connectivity index (χ1n) is 29.8. The monoisotopic (exact) mass is 1290 g/mol. The summed E-state index contributed by atoms with van der Waals surface area (Å²) in [6, 6.07) is 1.48. The zero-order chi connectivity index (χ0) is 65.9. The number of anilines is 1. The molecule has 1 aliphatic carbocycles. The standard InChI is InChI=1S/C60H88ClN9O18S/c1-33-13-12-15-45(85-9)60(83)28-43(86-58(82)68-60)34(2)54-59(5,88-54)46(27-51(76)70(7)41-24-38(23-33)25-42(84-8)53(41)61)87-57(81)35(3)69(6)50(75)20-22-89-44(26-52(77)78)56(80)66-30-37-16-18-39(19-17-37)55(79)63-21-11-10-14-40(36(4)71)67-49(74)32-65-48(73)31-64-47(72)29-62/h12-13,15,24-25,34-35,37,39-40,43-46,54,83H,10-11,14,16-23,26-32,62H2,1-9H3,(H,63,79)(H,64,72)(H,65,73)(H,66,80)(H,67,74)(H,68,82)(H,77,78)/b15-12+,33-13+/t34-,35+,37?,39?,40?,43?,44+,45-,46+,54+,59+,60+/m1/s1. The van der Waals surface area contributed by atoms with E-state index in [0.717, 1.165) is 27.8 Å². The molecule has 29 heteroatoms. The van der Waals surface area contributed by atoms with Gasteiger partial charge in [-0.2, -0.15) is 0 Å². The third-order valence-corrected chi connectivity index (χ3v) is 18.3. The summed E-state index contributed by atoms with van der Waals surface area (Å²) in [7, 11) is 5.76. The number of nitrogens with two attached hydrogens (primary N) is 1. The van der Waals surface area contributed by atoms with E-state index in [1.54, 1.807) is 38.1 Å². The first-order chi connectivity index (χ1) is 42.0. The second-order valence-electron chi connectivity index (χ2n) is 23.3. The maximum Gasteiger partial charge on any atom is 0.409 e. The Morgan fingerprint density at radius 2 is 1.67 bits per heavy atom. The lowest BCUT2D eigenvalue weighted by Crippen LogP contribution is -2.63. The highest BCUT2D eigenvalue weighted by molar-refractivity contribution is 8.00. The van der Waals surface area contributed by atoms with Crippen molar-refractivity contribution in [2.24, 2.45) is 23.5 Å². The molecule has 4 bridgehead atoms. The second-order valence-corrected chi connectivity index (χ2v) is 25.0. The fourth-order valence-electron chi connectivity index (χ4n) is 11.0. The average Bonchev–Trinajstić information content (AvgIpc) is 1.72. The predicted octanol–water partition coefficient (Wildman–Crippen LogP) is 1.96. The molecule has 0 radical (unpaired) electrons. The van der Waals surface area contributed by atoms with E-state index < -0.39 is 132 Å². The molecule has 5 rings (SSSR count). The van der Waals surface area contributed by atoms with Gasteiger partial charge >= 0.3 is 18.0 Å². The number of alkyl carbamates (subject to hydrolysis) is 1. The van der Waals surface area contributed by atoms with Crippen molar-refractivity contribution >= 4 is 94.2 Å². The molecule has 8 amide bonds. The molecule has 0 aromatic heterocycles. The summed E-state index contributed by atoms with van der Waals surface area (Å²) in [4.78, 5) is 144. The molecule has 3 heterocycles. The summed E-state index contributed by atoms with van der Waals surface area (Å²) < 4.78 is 29.4. The first kappa shape index (κ1) is 72.9. The number of halogens is 1. The van der Waals surface area contributed by atoms with Crippen LogP contribution < -0.4 is 47.3 Å². The van der Waals surface area contributed by atoms with Crippen LogP contribution in [0.1, 0.15) is 111 Å². The number of benzene rings is 1. The van der Waals surface area contributed by atoms with Gasteiger partial charge in [0.25, 0.3) is 0 Å². The number of aliphatic carboxylic acids is 1. The number of ether oxygens (including phenoxy) is 5. The van der Waals surface area contributed by atoms with Gasteiger partial charge in [0.2, 0.25) is 41.4 Å². The van der Waals surface area contributed by atoms with Crippen molar-refractivity contribution in [1.29, 1.82) is 0 Å². The molecule has 1 aromatic carbocycles. The lowest BCUT2D eigenvalue weighted by molar-refractivity contribution is -0.162. The van der Waals surface area contributed by atoms with E-state index in [0.29, 0.717) is 69.3 Å². The van der Waals surface area contributed by atoms with E-state index >= 15 is 0 Å². The molecule has 494 valence electrons. The van der Waals surface area contributed by atoms with Crippen molar-refractivity contribution in [3.8, 4) is 5.75 Å². The van der Waals surface area contributed by atoms with Gasteiger partial charge in [-0.1, -0.05) is 42.3 Å². The van der Waals surface area contributed by atoms with Gasteiger partial charge in [-0.3, -0.25) is 48.5 Å². The van der Waals surface area contributed by atoms with E-state index in [2.05, 4.69) is 31.9 Å². The lowest BCUT2D eigenvalue weighted by Gasteiger charge is -2.42. The quantitative estimate of drug-likeness (QED) is 0.0345. The zero-order valence-corrected chi connectivity index (χ0v) is 53.6. The number of allylic oxidation sites excluding steroid dienone is 3. The molecule has 10 N–H and O–H groups in total. The van der Waals surface area contributed by atoms with Crippen LogP contribution in [0.25, 0.3) is 0 Å². The van der Waals surface area contributed by atoms with Gasteiger partial charge in [0, 0.05) is 64.7 Å². The first-order valence-corrected chi connectivity index (χ1v) is 31.2. The molecule has 0 spiro atoms. The number of methoxy groups -OCH3 is 2. The molecular weight excluding hydrogens is 1200 g/mol. The smallest absolute Gasteiger partial charge is 0.409 e. The van der Waals surface area contributed by atoms with Crippen molar-refractivity contribution < 1.29 is 86.6 Å². The molecule has 89 heavy (non-hydrogen) atoms. The Morgan fingerprint density at radius 3 is 2.33 bits per heavy atom. The summed E-state index contributed by atoms with van der Waals surface area (Å²) >= 11 is 7.81. The fraction of sp³-hybridized carbons (Fsp3) is 0.650. The minimum atomic E-state index is -1.91. The van der Waals surface area contributed by atoms with Gasteiger partial charge in [-0.15, -0.1) is 11.8 Å². The Kier molecular flexibility index (Phi) is 27.7. The number of carbonyl (C=O) groups excluding carboxylic acids is 10. The number of fused-ring (bicyclic) bond motifs is 5. The number of Topliss-reactive ketones (excluding diaryl/α,β-unsaturated/α-hetero) is 1. The number of nitrogens with one attached hydrogen (secondary N) is 6. The SMILES string of the molecule is COc1cc2cc(c1Cl)N(C)C(=O)C[C@H](OC(=O)[C@H](C)N(C)C(=O)CCS[C@@H](CC(=O)O)C(=O)NCC1CCC(C(=O)NCCCCC(NC(=O)CNC(=O)CNC(=O)CN)C(C)=O)CC1)[C@]1(C)O[C@H]1[C@H](C)C1C[C@@](O)(NC(=O)O1)[C@H](OC)/C=C/C=C(\C)C2. The van der Waals surface area contributed by atoms with Gasteiger partial charge in [0.1, 0.15) is 40.7 Å². The molecule has 2 unspecified atom stereocenters. The third-order valence-electron chi connectivity index (χ3n) is 16.7. The van der Waals surface area contributed by atoms with Crippen molar-refractivity contribution in [3.63, 3.8) is 0 Å². The van der Waals surface area contributed by atoms with Crippen molar-refractivity contribution in [2.75, 3.05) is 71.7 Å². The van der Waals surface area contributed by atoms with Crippen LogP contribution in [0.3, 0.4) is 0 Å².